The fourth-order valence-electron chi connectivity index (χ4n) is 2.82. The van der Waals surface area contributed by atoms with Crippen LogP contribution in [0.2, 0.25) is 0 Å². The minimum Gasteiger partial charge on any atom is -0.354 e. The van der Waals surface area contributed by atoms with Gasteiger partial charge in [0, 0.05) is 45.5 Å². The molecule has 0 aliphatic carbocycles. The van der Waals surface area contributed by atoms with Crippen LogP contribution < -0.4 is 10.6 Å². The van der Waals surface area contributed by atoms with E-state index in [9.17, 15) is 14.0 Å². The van der Waals surface area contributed by atoms with Crippen LogP contribution in [0.15, 0.2) is 36.7 Å². The highest BCUT2D eigenvalue weighted by molar-refractivity contribution is 5.79. The molecule has 25 heavy (non-hydrogen) atoms. The highest BCUT2D eigenvalue weighted by Crippen LogP contribution is 2.21. The van der Waals surface area contributed by atoms with E-state index in [2.05, 4.69) is 15.6 Å². The molecule has 2 N–H and O–H groups in total. The first kappa shape index (κ1) is 16.9. The van der Waals surface area contributed by atoms with Gasteiger partial charge < -0.3 is 20.1 Å². The second kappa shape index (κ2) is 7.33. The maximum Gasteiger partial charge on any atom is 0.318 e. The number of rotatable bonds is 3. The predicted molar refractivity (Wildman–Crippen MR) is 89.2 cm³/mol. The second-order valence-corrected chi connectivity index (χ2v) is 5.92. The molecule has 0 bridgehead atoms. The Morgan fingerprint density at radius 1 is 1.40 bits per heavy atom. The molecule has 0 spiro atoms. The van der Waals surface area contributed by atoms with Gasteiger partial charge in [-0.2, -0.15) is 0 Å². The summed E-state index contributed by atoms with van der Waals surface area (Å²) in [7, 11) is 1.81. The number of urea groups is 1. The van der Waals surface area contributed by atoms with Crippen LogP contribution in [0.5, 0.6) is 0 Å². The summed E-state index contributed by atoms with van der Waals surface area (Å²) in [4.78, 5) is 30.0. The number of hydrogen-bond donors (Lipinski definition) is 2. The van der Waals surface area contributed by atoms with Gasteiger partial charge in [0.1, 0.15) is 17.7 Å². The van der Waals surface area contributed by atoms with Gasteiger partial charge in [-0.25, -0.2) is 14.2 Å². The van der Waals surface area contributed by atoms with Crippen molar-refractivity contribution in [2.24, 2.45) is 7.05 Å². The van der Waals surface area contributed by atoms with Gasteiger partial charge in [0.2, 0.25) is 5.91 Å². The molecular weight excluding hydrogens is 325 g/mol. The van der Waals surface area contributed by atoms with Crippen molar-refractivity contribution in [1.82, 2.24) is 25.1 Å². The molecule has 0 radical (unpaired) electrons. The van der Waals surface area contributed by atoms with E-state index < -0.39 is 6.04 Å². The van der Waals surface area contributed by atoms with Gasteiger partial charge in [-0.1, -0.05) is 12.1 Å². The minimum absolute atomic E-state index is 0.0684. The van der Waals surface area contributed by atoms with Crippen molar-refractivity contribution >= 4 is 11.9 Å². The Balaban J connectivity index is 1.84. The quantitative estimate of drug-likeness (QED) is 0.877. The van der Waals surface area contributed by atoms with Crippen LogP contribution in [-0.2, 0) is 11.8 Å². The number of benzene rings is 1. The van der Waals surface area contributed by atoms with E-state index in [0.717, 1.165) is 0 Å². The summed E-state index contributed by atoms with van der Waals surface area (Å²) in [5.74, 6) is 0.152. The van der Waals surface area contributed by atoms with Crippen molar-refractivity contribution in [3.05, 3.63) is 53.9 Å². The van der Waals surface area contributed by atoms with Crippen molar-refractivity contribution in [3.63, 3.8) is 0 Å². The zero-order chi connectivity index (χ0) is 17.8. The highest BCUT2D eigenvalue weighted by atomic mass is 19.1. The molecule has 1 unspecified atom stereocenters. The molecule has 0 saturated carbocycles. The lowest BCUT2D eigenvalue weighted by Crippen LogP contribution is -2.44. The van der Waals surface area contributed by atoms with Crippen molar-refractivity contribution in [3.8, 4) is 0 Å². The summed E-state index contributed by atoms with van der Waals surface area (Å²) >= 11 is 0. The van der Waals surface area contributed by atoms with Gasteiger partial charge in [0.05, 0.1) is 0 Å². The van der Waals surface area contributed by atoms with Crippen LogP contribution in [0.3, 0.4) is 0 Å². The molecule has 1 aliphatic heterocycles. The molecular formula is C17H20FN5O2. The lowest BCUT2D eigenvalue weighted by Gasteiger charge is -2.25. The lowest BCUT2D eigenvalue weighted by molar-refractivity contribution is -0.120. The van der Waals surface area contributed by atoms with Crippen LogP contribution >= 0.6 is 0 Å². The van der Waals surface area contributed by atoms with Crippen molar-refractivity contribution in [2.75, 3.05) is 19.6 Å². The van der Waals surface area contributed by atoms with Gasteiger partial charge in [-0.05, 0) is 17.7 Å². The molecule has 1 atom stereocenters. The summed E-state index contributed by atoms with van der Waals surface area (Å²) in [5.41, 5.74) is 0.603. The van der Waals surface area contributed by atoms with Gasteiger partial charge in [0.25, 0.3) is 0 Å². The number of nitrogens with zero attached hydrogens (tertiary/aromatic N) is 3. The van der Waals surface area contributed by atoms with Crippen molar-refractivity contribution < 1.29 is 14.0 Å². The molecule has 1 aromatic carbocycles. The first-order chi connectivity index (χ1) is 12.0. The molecule has 3 rings (SSSR count). The SMILES string of the molecule is Cn1ccnc1C(NC(=O)N1CCNC(=O)CC1)c1cccc(F)c1. The predicted octanol–water partition coefficient (Wildman–Crippen LogP) is 1.18. The Hall–Kier alpha value is -2.90. The first-order valence-corrected chi connectivity index (χ1v) is 8.09. The molecule has 7 nitrogen and oxygen atoms in total. The summed E-state index contributed by atoms with van der Waals surface area (Å²) in [6.07, 6.45) is 3.66. The molecule has 1 aromatic heterocycles. The van der Waals surface area contributed by atoms with E-state index in [1.807, 2.05) is 7.05 Å². The first-order valence-electron chi connectivity index (χ1n) is 8.09. The standard InChI is InChI=1S/C17H20FN5O2/c1-22-9-6-20-16(22)15(12-3-2-4-13(18)11-12)21-17(25)23-8-5-14(24)19-7-10-23/h2-4,6,9,11,15H,5,7-8,10H2,1H3,(H,19,24)(H,21,25). The van der Waals surface area contributed by atoms with Crippen LogP contribution in [0.1, 0.15) is 23.9 Å². The van der Waals surface area contributed by atoms with E-state index in [4.69, 9.17) is 0 Å². The van der Waals surface area contributed by atoms with E-state index in [-0.39, 0.29) is 24.2 Å². The minimum atomic E-state index is -0.588. The molecule has 1 saturated heterocycles. The molecule has 1 fully saturated rings. The lowest BCUT2D eigenvalue weighted by atomic mass is 10.1. The Labute approximate surface area is 144 Å². The number of aromatic nitrogens is 2. The monoisotopic (exact) mass is 345 g/mol. The van der Waals surface area contributed by atoms with Crippen LogP contribution in [0.4, 0.5) is 9.18 Å². The van der Waals surface area contributed by atoms with Gasteiger partial charge in [-0.15, -0.1) is 0 Å². The molecule has 132 valence electrons. The van der Waals surface area contributed by atoms with E-state index in [1.165, 1.54) is 12.1 Å². The number of imidazole rings is 1. The number of hydrogen-bond acceptors (Lipinski definition) is 3. The zero-order valence-corrected chi connectivity index (χ0v) is 13.9. The van der Waals surface area contributed by atoms with Gasteiger partial charge >= 0.3 is 6.03 Å². The number of carbonyl (C=O) groups is 2. The molecule has 1 aliphatic rings. The maximum absolute atomic E-state index is 13.7. The Bertz CT molecular complexity index is 776. The fourth-order valence-corrected chi connectivity index (χ4v) is 2.82. The number of amides is 3. The Morgan fingerprint density at radius 2 is 2.24 bits per heavy atom. The molecule has 2 aromatic rings. The Morgan fingerprint density at radius 3 is 2.96 bits per heavy atom. The maximum atomic E-state index is 13.7. The highest BCUT2D eigenvalue weighted by Gasteiger charge is 2.25. The third kappa shape index (κ3) is 3.96. The second-order valence-electron chi connectivity index (χ2n) is 5.92. The summed E-state index contributed by atoms with van der Waals surface area (Å²) < 4.78 is 15.4. The van der Waals surface area contributed by atoms with Gasteiger partial charge in [0.15, 0.2) is 0 Å². The topological polar surface area (TPSA) is 79.3 Å². The van der Waals surface area contributed by atoms with E-state index >= 15 is 0 Å². The smallest absolute Gasteiger partial charge is 0.318 e. The van der Waals surface area contributed by atoms with Crippen molar-refractivity contribution in [2.45, 2.75) is 12.5 Å². The van der Waals surface area contributed by atoms with Crippen LogP contribution in [0.25, 0.3) is 0 Å². The van der Waals surface area contributed by atoms with Gasteiger partial charge in [-0.3, -0.25) is 4.79 Å². The number of nitrogens with one attached hydrogen (secondary N) is 2. The van der Waals surface area contributed by atoms with E-state index in [1.54, 1.807) is 34.0 Å². The summed E-state index contributed by atoms with van der Waals surface area (Å²) in [6, 6.07) is 5.18. The van der Waals surface area contributed by atoms with Crippen LogP contribution in [-0.4, -0.2) is 46.0 Å². The number of halogens is 1. The fraction of sp³-hybridized carbons (Fsp3) is 0.353. The molecule has 2 heterocycles. The third-order valence-electron chi connectivity index (χ3n) is 4.17. The average molecular weight is 345 g/mol. The zero-order valence-electron chi connectivity index (χ0n) is 13.9. The largest absolute Gasteiger partial charge is 0.354 e. The molecule has 3 amide bonds. The van der Waals surface area contributed by atoms with E-state index in [0.29, 0.717) is 31.0 Å². The average Bonchev–Trinajstić information content (AvgIpc) is 2.88. The Kier molecular flexibility index (Phi) is 4.97. The summed E-state index contributed by atoms with van der Waals surface area (Å²) in [6.45, 7) is 1.18. The summed E-state index contributed by atoms with van der Waals surface area (Å²) in [5, 5.41) is 5.65. The van der Waals surface area contributed by atoms with Crippen molar-refractivity contribution in [1.29, 1.82) is 0 Å². The third-order valence-corrected chi connectivity index (χ3v) is 4.17. The normalized spacial score (nSPS) is 16.1. The molecule has 8 heteroatoms. The van der Waals surface area contributed by atoms with Crippen LogP contribution in [0, 0.1) is 5.82 Å². The number of aryl methyl sites for hydroxylation is 1. The number of carbonyl (C=O) groups excluding carboxylic acids is 2.